The summed E-state index contributed by atoms with van der Waals surface area (Å²) >= 11 is 0. The lowest BCUT2D eigenvalue weighted by atomic mass is 10.1. The van der Waals surface area contributed by atoms with Crippen LogP contribution in [0.25, 0.3) is 0 Å². The second kappa shape index (κ2) is 7.48. The van der Waals surface area contributed by atoms with Crippen LogP contribution in [0.5, 0.6) is 5.75 Å². The molecule has 2 aromatic rings. The van der Waals surface area contributed by atoms with Gasteiger partial charge in [-0.05, 0) is 54.2 Å². The van der Waals surface area contributed by atoms with Crippen LogP contribution in [0.2, 0.25) is 0 Å². The Balaban J connectivity index is 1.59. The zero-order chi connectivity index (χ0) is 20.8. The highest BCUT2D eigenvalue weighted by atomic mass is 32.2. The average Bonchev–Trinajstić information content (AvgIpc) is 3.40. The zero-order valence-corrected chi connectivity index (χ0v) is 17.1. The molecule has 0 radical (unpaired) electrons. The maximum Gasteiger partial charge on any atom is 0.286 e. The third kappa shape index (κ3) is 4.32. The fraction of sp³-hybridized carbons (Fsp3) is 0.429. The maximum absolute atomic E-state index is 13.6. The van der Waals surface area contributed by atoms with Crippen molar-refractivity contribution in [1.82, 2.24) is 9.88 Å². The fourth-order valence-electron chi connectivity index (χ4n) is 3.31. The summed E-state index contributed by atoms with van der Waals surface area (Å²) in [6, 6.07) is 6.36. The van der Waals surface area contributed by atoms with E-state index in [1.165, 1.54) is 12.3 Å². The summed E-state index contributed by atoms with van der Waals surface area (Å²) in [6.45, 7) is 1.87. The third-order valence-corrected chi connectivity index (χ3v) is 6.14. The second-order valence-corrected chi connectivity index (χ2v) is 9.13. The largest absolute Gasteiger partial charge is 0.492 e. The van der Waals surface area contributed by atoms with Crippen molar-refractivity contribution in [2.45, 2.75) is 43.7 Å². The Labute approximate surface area is 170 Å². The Morgan fingerprint density at radius 2 is 2.00 bits per heavy atom. The van der Waals surface area contributed by atoms with Crippen molar-refractivity contribution >= 4 is 16.7 Å². The van der Waals surface area contributed by atoms with Gasteiger partial charge in [-0.3, -0.25) is 14.0 Å². The van der Waals surface area contributed by atoms with Crippen LogP contribution in [0.4, 0.5) is 8.78 Å². The molecule has 1 aliphatic carbocycles. The second-order valence-electron chi connectivity index (χ2n) is 7.75. The average molecular weight is 420 g/mol. The highest BCUT2D eigenvalue weighted by molar-refractivity contribution is 7.84. The Kier molecular flexibility index (Phi) is 5.14. The van der Waals surface area contributed by atoms with Crippen LogP contribution < -0.4 is 4.74 Å². The van der Waals surface area contributed by atoms with Gasteiger partial charge in [-0.15, -0.1) is 0 Å². The van der Waals surface area contributed by atoms with Crippen molar-refractivity contribution in [2.75, 3.05) is 12.9 Å². The van der Waals surface area contributed by atoms with Crippen molar-refractivity contribution in [2.24, 2.45) is 5.92 Å². The molecule has 0 N–H and O–H groups in total. The molecule has 0 saturated heterocycles. The number of benzene rings is 1. The molecule has 1 aliphatic heterocycles. The fourth-order valence-corrected chi connectivity index (χ4v) is 3.85. The van der Waals surface area contributed by atoms with Crippen molar-refractivity contribution < 1.29 is 22.5 Å². The first-order valence-corrected chi connectivity index (χ1v) is 11.0. The summed E-state index contributed by atoms with van der Waals surface area (Å²) in [7, 11) is -1.24. The van der Waals surface area contributed by atoms with Crippen LogP contribution in [0.3, 0.4) is 0 Å². The molecule has 1 aromatic carbocycles. The van der Waals surface area contributed by atoms with Gasteiger partial charge in [0.15, 0.2) is 0 Å². The minimum atomic E-state index is -3.03. The van der Waals surface area contributed by atoms with Gasteiger partial charge in [0.05, 0.1) is 12.2 Å². The Hall–Kier alpha value is -2.35. The summed E-state index contributed by atoms with van der Waals surface area (Å²) in [5.74, 6) is -2.32. The lowest BCUT2D eigenvalue weighted by Crippen LogP contribution is -2.26. The van der Waals surface area contributed by atoms with Crippen LogP contribution in [0.1, 0.15) is 46.9 Å². The number of hydrogen-bond donors (Lipinski definition) is 0. The maximum atomic E-state index is 13.6. The standard InChI is InChI=1S/C21H22F2N2O3S/c1-21(22,23)19-7-14-10-25(11-15(14)9-24-19)20(26)17-8-16(29(2)27)5-6-18(17)28-12-13-3-4-13/h5-9,13H,3-4,10-12H2,1-2H3. The van der Waals surface area contributed by atoms with Crippen molar-refractivity contribution in [1.29, 1.82) is 0 Å². The number of ether oxygens (including phenoxy) is 1. The van der Waals surface area contributed by atoms with Crippen LogP contribution in [0.15, 0.2) is 35.4 Å². The summed E-state index contributed by atoms with van der Waals surface area (Å²) in [4.78, 5) is 19.2. The van der Waals surface area contributed by atoms with E-state index in [-0.39, 0.29) is 24.7 Å². The third-order valence-electron chi connectivity index (χ3n) is 5.23. The van der Waals surface area contributed by atoms with Gasteiger partial charge in [-0.25, -0.2) is 0 Å². The number of aromatic nitrogens is 1. The van der Waals surface area contributed by atoms with E-state index in [1.807, 2.05) is 0 Å². The Morgan fingerprint density at radius 1 is 1.28 bits per heavy atom. The van der Waals surface area contributed by atoms with Crippen LogP contribution >= 0.6 is 0 Å². The topological polar surface area (TPSA) is 59.5 Å². The molecule has 1 amide bonds. The Bertz CT molecular complexity index is 986. The predicted octanol–water partition coefficient (Wildman–Crippen LogP) is 3.88. The normalized spacial score (nSPS) is 17.2. The van der Waals surface area contributed by atoms with Gasteiger partial charge >= 0.3 is 0 Å². The molecular weight excluding hydrogens is 398 g/mol. The summed E-state index contributed by atoms with van der Waals surface area (Å²) in [5, 5.41) is 0. The highest BCUT2D eigenvalue weighted by Gasteiger charge is 2.32. The number of carbonyl (C=O) groups is 1. The summed E-state index contributed by atoms with van der Waals surface area (Å²) in [5.41, 5.74) is 1.46. The number of rotatable bonds is 6. The number of pyridine rings is 1. The number of halogens is 2. The molecule has 4 rings (SSSR count). The molecule has 2 heterocycles. The van der Waals surface area contributed by atoms with Gasteiger partial charge in [0.2, 0.25) is 0 Å². The molecule has 1 fully saturated rings. The zero-order valence-electron chi connectivity index (χ0n) is 16.3. The molecule has 5 nitrogen and oxygen atoms in total. The van der Waals surface area contributed by atoms with Crippen LogP contribution in [-0.2, 0) is 29.8 Å². The van der Waals surface area contributed by atoms with E-state index >= 15 is 0 Å². The SMILES string of the molecule is CS(=O)c1ccc(OCC2CC2)c(C(=O)N2Cc3cnc(C(C)(F)F)cc3C2)c1. The molecule has 29 heavy (non-hydrogen) atoms. The number of alkyl halides is 2. The number of carbonyl (C=O) groups excluding carboxylic acids is 1. The lowest BCUT2D eigenvalue weighted by Gasteiger charge is -2.18. The van der Waals surface area contributed by atoms with E-state index in [1.54, 1.807) is 29.4 Å². The summed E-state index contributed by atoms with van der Waals surface area (Å²) < 4.78 is 44.9. The molecule has 154 valence electrons. The molecule has 1 unspecified atom stereocenters. The van der Waals surface area contributed by atoms with E-state index in [4.69, 9.17) is 4.74 Å². The van der Waals surface area contributed by atoms with Crippen LogP contribution in [-0.4, -0.2) is 32.9 Å². The van der Waals surface area contributed by atoms with E-state index in [0.29, 0.717) is 34.3 Å². The summed E-state index contributed by atoms with van der Waals surface area (Å²) in [6.07, 6.45) is 5.22. The van der Waals surface area contributed by atoms with Gasteiger partial charge in [-0.2, -0.15) is 8.78 Å². The number of amides is 1. The minimum absolute atomic E-state index is 0.223. The monoisotopic (exact) mass is 420 g/mol. The van der Waals surface area contributed by atoms with Crippen molar-refractivity contribution in [3.8, 4) is 5.75 Å². The first-order valence-electron chi connectivity index (χ1n) is 9.48. The number of hydrogen-bond acceptors (Lipinski definition) is 4. The van der Waals surface area contributed by atoms with E-state index in [0.717, 1.165) is 25.3 Å². The molecule has 1 saturated carbocycles. The van der Waals surface area contributed by atoms with Gasteiger partial charge in [0, 0.05) is 48.2 Å². The molecule has 8 heteroatoms. The van der Waals surface area contributed by atoms with Crippen molar-refractivity contribution in [3.05, 3.63) is 52.8 Å². The molecule has 1 aromatic heterocycles. The lowest BCUT2D eigenvalue weighted by molar-refractivity contribution is 0.0127. The van der Waals surface area contributed by atoms with E-state index < -0.39 is 16.7 Å². The van der Waals surface area contributed by atoms with Crippen LogP contribution in [0, 0.1) is 5.92 Å². The number of nitrogens with zero attached hydrogens (tertiary/aromatic N) is 2. The van der Waals surface area contributed by atoms with E-state index in [9.17, 15) is 17.8 Å². The molecule has 0 spiro atoms. The van der Waals surface area contributed by atoms with Gasteiger partial charge in [0.1, 0.15) is 11.4 Å². The van der Waals surface area contributed by atoms with Gasteiger partial charge in [0.25, 0.3) is 11.8 Å². The quantitative estimate of drug-likeness (QED) is 0.712. The minimum Gasteiger partial charge on any atom is -0.492 e. The van der Waals surface area contributed by atoms with Gasteiger partial charge < -0.3 is 9.64 Å². The van der Waals surface area contributed by atoms with Crippen molar-refractivity contribution in [3.63, 3.8) is 0 Å². The Morgan fingerprint density at radius 3 is 2.66 bits per heavy atom. The highest BCUT2D eigenvalue weighted by Crippen LogP contribution is 2.34. The molecular formula is C21H22F2N2O3S. The predicted molar refractivity (Wildman–Crippen MR) is 104 cm³/mol. The smallest absolute Gasteiger partial charge is 0.286 e. The van der Waals surface area contributed by atoms with Gasteiger partial charge in [-0.1, -0.05) is 0 Å². The first kappa shape index (κ1) is 19.9. The number of fused-ring (bicyclic) bond motifs is 1. The first-order chi connectivity index (χ1) is 13.7. The van der Waals surface area contributed by atoms with E-state index in [2.05, 4.69) is 4.98 Å². The molecule has 1 atom stereocenters. The molecule has 2 aliphatic rings. The molecule has 0 bridgehead atoms.